The number of thiophene rings is 1. The molecule has 0 bridgehead atoms. The second kappa shape index (κ2) is 10.0. The number of nitrogens with zero attached hydrogens (tertiary/aromatic N) is 1. The third-order valence-electron chi connectivity index (χ3n) is 4.30. The molecule has 0 saturated carbocycles. The third-order valence-corrected chi connectivity index (χ3v) is 8.17. The van der Waals surface area contributed by atoms with Crippen molar-refractivity contribution < 1.29 is 13.2 Å². The SMILES string of the molecule is CCc1ccc(S(=O)(=O)CCSc2ncccc2C(=O)NCc2cccs2)cc1. The topological polar surface area (TPSA) is 76.1 Å². The molecule has 1 aromatic carbocycles. The highest BCUT2D eigenvalue weighted by molar-refractivity contribution is 8.00. The normalized spacial score (nSPS) is 11.3. The average Bonchev–Trinajstić information content (AvgIpc) is 3.26. The highest BCUT2D eigenvalue weighted by atomic mass is 32.2. The Morgan fingerprint density at radius 1 is 1.14 bits per heavy atom. The molecule has 0 aliphatic heterocycles. The molecule has 2 aromatic heterocycles. The molecule has 1 N–H and O–H groups in total. The van der Waals surface area contributed by atoms with Gasteiger partial charge in [0.05, 0.1) is 22.8 Å². The van der Waals surface area contributed by atoms with E-state index >= 15 is 0 Å². The zero-order valence-corrected chi connectivity index (χ0v) is 18.4. The fourth-order valence-electron chi connectivity index (χ4n) is 2.65. The van der Waals surface area contributed by atoms with Crippen molar-refractivity contribution in [2.75, 3.05) is 11.5 Å². The molecule has 0 aliphatic carbocycles. The zero-order valence-electron chi connectivity index (χ0n) is 16.0. The minimum Gasteiger partial charge on any atom is -0.347 e. The smallest absolute Gasteiger partial charge is 0.254 e. The van der Waals surface area contributed by atoms with Crippen LogP contribution in [0.1, 0.15) is 27.7 Å². The number of nitrogens with one attached hydrogen (secondary N) is 1. The maximum atomic E-state index is 12.6. The minimum absolute atomic E-state index is 0.0179. The van der Waals surface area contributed by atoms with Gasteiger partial charge in [-0.25, -0.2) is 13.4 Å². The molecule has 0 saturated heterocycles. The van der Waals surface area contributed by atoms with Crippen molar-refractivity contribution in [3.8, 4) is 0 Å². The lowest BCUT2D eigenvalue weighted by Crippen LogP contribution is -2.23. The molecule has 3 aromatic rings. The van der Waals surface area contributed by atoms with Crippen LogP contribution >= 0.6 is 23.1 Å². The van der Waals surface area contributed by atoms with Crippen LogP contribution in [0.3, 0.4) is 0 Å². The summed E-state index contributed by atoms with van der Waals surface area (Å²) >= 11 is 2.86. The fraction of sp³-hybridized carbons (Fsp3) is 0.238. The van der Waals surface area contributed by atoms with Crippen LogP contribution in [0.4, 0.5) is 0 Å². The molecular weight excluding hydrogens is 424 g/mol. The van der Waals surface area contributed by atoms with Crippen LogP contribution in [-0.2, 0) is 22.8 Å². The Bertz CT molecular complexity index is 1050. The van der Waals surface area contributed by atoms with Gasteiger partial charge in [0.15, 0.2) is 9.84 Å². The Labute approximate surface area is 179 Å². The minimum atomic E-state index is -3.38. The quantitative estimate of drug-likeness (QED) is 0.499. The molecular formula is C21H22N2O3S3. The summed E-state index contributed by atoms with van der Waals surface area (Å²) in [7, 11) is -3.38. The number of hydrogen-bond donors (Lipinski definition) is 1. The lowest BCUT2D eigenvalue weighted by atomic mass is 10.2. The van der Waals surface area contributed by atoms with Crippen molar-refractivity contribution in [1.82, 2.24) is 10.3 Å². The Kier molecular flexibility index (Phi) is 7.46. The van der Waals surface area contributed by atoms with Crippen LogP contribution in [0, 0.1) is 0 Å². The van der Waals surface area contributed by atoms with Crippen molar-refractivity contribution in [3.05, 3.63) is 76.1 Å². The molecule has 0 spiro atoms. The van der Waals surface area contributed by atoms with Crippen molar-refractivity contribution in [2.45, 2.75) is 29.8 Å². The number of carbonyl (C=O) groups excluding carboxylic acids is 1. The van der Waals surface area contributed by atoms with Gasteiger partial charge >= 0.3 is 0 Å². The molecule has 152 valence electrons. The van der Waals surface area contributed by atoms with Crippen molar-refractivity contribution in [3.63, 3.8) is 0 Å². The second-order valence-corrected chi connectivity index (χ2v) is 10.5. The van der Waals surface area contributed by atoms with Gasteiger partial charge in [0.2, 0.25) is 0 Å². The Morgan fingerprint density at radius 3 is 2.62 bits per heavy atom. The number of aryl methyl sites for hydroxylation is 1. The van der Waals surface area contributed by atoms with E-state index in [2.05, 4.69) is 10.3 Å². The first-order valence-corrected chi connectivity index (χ1v) is 12.7. The van der Waals surface area contributed by atoms with Crippen LogP contribution < -0.4 is 5.32 Å². The lowest BCUT2D eigenvalue weighted by Gasteiger charge is -2.09. The summed E-state index contributed by atoms with van der Waals surface area (Å²) in [5.74, 6) is 0.0859. The van der Waals surface area contributed by atoms with Gasteiger partial charge in [-0.05, 0) is 47.7 Å². The Balaban J connectivity index is 1.61. The first kappa shape index (κ1) is 21.5. The first-order chi connectivity index (χ1) is 14.0. The number of rotatable bonds is 9. The maximum Gasteiger partial charge on any atom is 0.254 e. The largest absolute Gasteiger partial charge is 0.347 e. The van der Waals surface area contributed by atoms with Gasteiger partial charge in [0, 0.05) is 16.8 Å². The van der Waals surface area contributed by atoms with E-state index in [1.165, 1.54) is 11.8 Å². The van der Waals surface area contributed by atoms with Gasteiger partial charge in [-0.2, -0.15) is 0 Å². The molecule has 0 aliphatic rings. The summed E-state index contributed by atoms with van der Waals surface area (Å²) < 4.78 is 25.1. The summed E-state index contributed by atoms with van der Waals surface area (Å²) in [4.78, 5) is 18.2. The summed E-state index contributed by atoms with van der Waals surface area (Å²) in [6.45, 7) is 2.48. The lowest BCUT2D eigenvalue weighted by molar-refractivity contribution is 0.0947. The number of hydrogen-bond acceptors (Lipinski definition) is 6. The van der Waals surface area contributed by atoms with Gasteiger partial charge in [-0.3, -0.25) is 4.79 Å². The van der Waals surface area contributed by atoms with E-state index in [9.17, 15) is 13.2 Å². The van der Waals surface area contributed by atoms with Crippen molar-refractivity contribution in [2.24, 2.45) is 0 Å². The van der Waals surface area contributed by atoms with E-state index in [0.717, 1.165) is 16.9 Å². The summed E-state index contributed by atoms with van der Waals surface area (Å²) in [6.07, 6.45) is 2.48. The molecule has 0 fully saturated rings. The molecule has 0 unspecified atom stereocenters. The maximum absolute atomic E-state index is 12.6. The molecule has 8 heteroatoms. The van der Waals surface area contributed by atoms with E-state index in [1.807, 2.05) is 36.6 Å². The van der Waals surface area contributed by atoms with Crippen LogP contribution in [-0.4, -0.2) is 30.8 Å². The van der Waals surface area contributed by atoms with Crippen LogP contribution in [0.2, 0.25) is 0 Å². The average molecular weight is 447 g/mol. The summed E-state index contributed by atoms with van der Waals surface area (Å²) in [5.41, 5.74) is 1.56. The van der Waals surface area contributed by atoms with Gasteiger partial charge in [-0.15, -0.1) is 23.1 Å². The third kappa shape index (κ3) is 5.91. The predicted octanol–water partition coefficient (Wildman–Crippen LogP) is 4.20. The first-order valence-electron chi connectivity index (χ1n) is 9.19. The molecule has 0 radical (unpaired) electrons. The van der Waals surface area contributed by atoms with E-state index < -0.39 is 9.84 Å². The zero-order chi connectivity index (χ0) is 20.7. The van der Waals surface area contributed by atoms with E-state index in [0.29, 0.717) is 27.8 Å². The molecule has 5 nitrogen and oxygen atoms in total. The van der Waals surface area contributed by atoms with E-state index in [4.69, 9.17) is 0 Å². The van der Waals surface area contributed by atoms with Crippen LogP contribution in [0.5, 0.6) is 0 Å². The van der Waals surface area contributed by atoms with E-state index in [-0.39, 0.29) is 11.7 Å². The number of carbonyl (C=O) groups is 1. The highest BCUT2D eigenvalue weighted by Gasteiger charge is 2.17. The molecule has 3 rings (SSSR count). The summed E-state index contributed by atoms with van der Waals surface area (Å²) in [6, 6.07) is 14.3. The predicted molar refractivity (Wildman–Crippen MR) is 118 cm³/mol. The number of aromatic nitrogens is 1. The molecule has 29 heavy (non-hydrogen) atoms. The Hall–Kier alpha value is -2.16. The van der Waals surface area contributed by atoms with E-state index in [1.54, 1.807) is 41.8 Å². The summed E-state index contributed by atoms with van der Waals surface area (Å²) in [5, 5.41) is 5.38. The van der Waals surface area contributed by atoms with Gasteiger partial charge in [-0.1, -0.05) is 25.1 Å². The van der Waals surface area contributed by atoms with Gasteiger partial charge in [0.1, 0.15) is 5.03 Å². The number of amides is 1. The number of sulfone groups is 1. The monoisotopic (exact) mass is 446 g/mol. The Morgan fingerprint density at radius 2 is 1.93 bits per heavy atom. The van der Waals surface area contributed by atoms with Gasteiger partial charge in [0.25, 0.3) is 5.91 Å². The molecule has 0 atom stereocenters. The second-order valence-electron chi connectivity index (χ2n) is 6.28. The fourth-order valence-corrected chi connectivity index (χ4v) is 5.94. The van der Waals surface area contributed by atoms with Crippen LogP contribution in [0.25, 0.3) is 0 Å². The number of thioether (sulfide) groups is 1. The van der Waals surface area contributed by atoms with Crippen LogP contribution in [0.15, 0.2) is 70.0 Å². The number of benzene rings is 1. The standard InChI is InChI=1S/C21H22N2O3S3/c1-2-16-7-9-18(10-8-16)29(25,26)14-13-28-21-19(6-3-11-22-21)20(24)23-15-17-5-4-12-27-17/h3-12H,2,13-15H2,1H3,(H,23,24). The highest BCUT2D eigenvalue weighted by Crippen LogP contribution is 2.22. The van der Waals surface area contributed by atoms with Crippen molar-refractivity contribution >= 4 is 38.8 Å². The van der Waals surface area contributed by atoms with Gasteiger partial charge < -0.3 is 5.32 Å². The van der Waals surface area contributed by atoms with Crippen molar-refractivity contribution in [1.29, 1.82) is 0 Å². The molecule has 2 heterocycles. The number of pyridine rings is 1. The molecule has 1 amide bonds.